The number of rotatable bonds is 3. The van der Waals surface area contributed by atoms with Crippen LogP contribution in [0.4, 0.5) is 0 Å². The number of thioether (sulfide) groups is 1. The Morgan fingerprint density at radius 3 is 2.73 bits per heavy atom. The van der Waals surface area contributed by atoms with Gasteiger partial charge in [-0.05, 0) is 24.5 Å². The van der Waals surface area contributed by atoms with Crippen molar-refractivity contribution in [3.05, 3.63) is 0 Å². The molecule has 1 unspecified atom stereocenters. The van der Waals surface area contributed by atoms with Gasteiger partial charge in [0.05, 0.1) is 6.54 Å². The van der Waals surface area contributed by atoms with Crippen molar-refractivity contribution in [3.63, 3.8) is 0 Å². The first-order valence-electron chi connectivity index (χ1n) is 5.50. The standard InChI is InChI=1S/C12H22N2S/c1-4-5-7-14-12(9-13)10-15-8-6-11(12,2)3/h14H,6-10,13H2,1-3H3. The molecule has 1 rings (SSSR count). The molecule has 1 heterocycles. The molecule has 1 aliphatic heterocycles. The van der Waals surface area contributed by atoms with E-state index in [-0.39, 0.29) is 11.0 Å². The lowest BCUT2D eigenvalue weighted by Gasteiger charge is -2.49. The van der Waals surface area contributed by atoms with Crippen molar-refractivity contribution in [3.8, 4) is 11.8 Å². The molecular formula is C12H22N2S. The van der Waals surface area contributed by atoms with Crippen LogP contribution in [0.25, 0.3) is 0 Å². The molecule has 15 heavy (non-hydrogen) atoms. The van der Waals surface area contributed by atoms with E-state index in [1.807, 2.05) is 18.7 Å². The van der Waals surface area contributed by atoms with Gasteiger partial charge in [-0.2, -0.15) is 11.8 Å². The Bertz CT molecular complexity index is 265. The fraction of sp³-hybridized carbons (Fsp3) is 0.833. The quantitative estimate of drug-likeness (QED) is 0.716. The highest BCUT2D eigenvalue weighted by Crippen LogP contribution is 2.41. The molecule has 0 amide bonds. The molecule has 86 valence electrons. The minimum Gasteiger partial charge on any atom is -0.329 e. The SMILES string of the molecule is CC#CCNC1(CN)CSCCC1(C)C. The highest BCUT2D eigenvalue weighted by Gasteiger charge is 2.45. The van der Waals surface area contributed by atoms with Crippen molar-refractivity contribution in [2.24, 2.45) is 11.1 Å². The molecule has 0 saturated carbocycles. The van der Waals surface area contributed by atoms with E-state index in [9.17, 15) is 0 Å². The molecule has 1 aliphatic rings. The summed E-state index contributed by atoms with van der Waals surface area (Å²) in [5.74, 6) is 8.33. The Balaban J connectivity index is 2.74. The summed E-state index contributed by atoms with van der Waals surface area (Å²) in [5.41, 5.74) is 6.29. The van der Waals surface area contributed by atoms with Crippen LogP contribution < -0.4 is 11.1 Å². The largest absolute Gasteiger partial charge is 0.329 e. The van der Waals surface area contributed by atoms with E-state index in [2.05, 4.69) is 31.0 Å². The summed E-state index contributed by atoms with van der Waals surface area (Å²) in [6.45, 7) is 7.94. The van der Waals surface area contributed by atoms with Crippen molar-refractivity contribution in [2.75, 3.05) is 24.6 Å². The number of nitrogens with two attached hydrogens (primary N) is 1. The van der Waals surface area contributed by atoms with Crippen LogP contribution in [-0.4, -0.2) is 30.1 Å². The normalized spacial score (nSPS) is 29.3. The Morgan fingerprint density at radius 2 is 2.20 bits per heavy atom. The van der Waals surface area contributed by atoms with Gasteiger partial charge in [0.2, 0.25) is 0 Å². The van der Waals surface area contributed by atoms with E-state index in [1.54, 1.807) is 0 Å². The fourth-order valence-corrected chi connectivity index (χ4v) is 3.77. The van der Waals surface area contributed by atoms with Gasteiger partial charge in [0.1, 0.15) is 0 Å². The third kappa shape index (κ3) is 2.69. The third-order valence-electron chi connectivity index (χ3n) is 3.56. The summed E-state index contributed by atoms with van der Waals surface area (Å²) in [4.78, 5) is 0. The number of hydrogen-bond acceptors (Lipinski definition) is 3. The van der Waals surface area contributed by atoms with Crippen LogP contribution in [0.3, 0.4) is 0 Å². The molecule has 1 fully saturated rings. The molecule has 0 aliphatic carbocycles. The summed E-state index contributed by atoms with van der Waals surface area (Å²) in [5, 5.41) is 3.56. The molecule has 3 heteroatoms. The Morgan fingerprint density at radius 1 is 1.47 bits per heavy atom. The van der Waals surface area contributed by atoms with E-state index in [4.69, 9.17) is 5.73 Å². The Kier molecular flexibility index (Phi) is 4.51. The number of nitrogens with one attached hydrogen (secondary N) is 1. The van der Waals surface area contributed by atoms with E-state index in [0.29, 0.717) is 6.54 Å². The zero-order valence-corrected chi connectivity index (χ0v) is 10.8. The van der Waals surface area contributed by atoms with Gasteiger partial charge in [0.15, 0.2) is 0 Å². The Hall–Kier alpha value is -0.170. The van der Waals surface area contributed by atoms with Gasteiger partial charge >= 0.3 is 0 Å². The lowest BCUT2D eigenvalue weighted by molar-refractivity contribution is 0.142. The van der Waals surface area contributed by atoms with Crippen molar-refractivity contribution in [2.45, 2.75) is 32.7 Å². The van der Waals surface area contributed by atoms with Crippen LogP contribution >= 0.6 is 11.8 Å². The van der Waals surface area contributed by atoms with Crippen LogP contribution in [-0.2, 0) is 0 Å². The molecule has 0 radical (unpaired) electrons. The van der Waals surface area contributed by atoms with Crippen molar-refractivity contribution < 1.29 is 0 Å². The maximum atomic E-state index is 5.97. The van der Waals surface area contributed by atoms with E-state index in [0.717, 1.165) is 12.3 Å². The first-order valence-corrected chi connectivity index (χ1v) is 6.66. The molecular weight excluding hydrogens is 204 g/mol. The Labute approximate surface area is 97.8 Å². The topological polar surface area (TPSA) is 38.0 Å². The van der Waals surface area contributed by atoms with Crippen LogP contribution in [0.1, 0.15) is 27.2 Å². The van der Waals surface area contributed by atoms with E-state index >= 15 is 0 Å². The molecule has 0 aromatic heterocycles. The molecule has 0 aromatic carbocycles. The van der Waals surface area contributed by atoms with Crippen LogP contribution in [0.15, 0.2) is 0 Å². The highest BCUT2D eigenvalue weighted by molar-refractivity contribution is 7.99. The fourth-order valence-electron chi connectivity index (χ4n) is 2.01. The average Bonchev–Trinajstić information content (AvgIpc) is 2.21. The van der Waals surface area contributed by atoms with Gasteiger partial charge in [-0.15, -0.1) is 5.92 Å². The number of hydrogen-bond donors (Lipinski definition) is 2. The molecule has 0 spiro atoms. The second kappa shape index (κ2) is 5.25. The van der Waals surface area contributed by atoms with Gasteiger partial charge in [-0.1, -0.05) is 19.8 Å². The zero-order chi connectivity index (χ0) is 11.4. The molecule has 0 aromatic rings. The maximum absolute atomic E-state index is 5.97. The second-order valence-electron chi connectivity index (χ2n) is 4.75. The molecule has 3 N–H and O–H groups in total. The smallest absolute Gasteiger partial charge is 0.0581 e. The van der Waals surface area contributed by atoms with Gasteiger partial charge in [-0.3, -0.25) is 5.32 Å². The minimum atomic E-state index is 0.0553. The molecule has 2 nitrogen and oxygen atoms in total. The molecule has 1 saturated heterocycles. The van der Waals surface area contributed by atoms with Crippen LogP contribution in [0.2, 0.25) is 0 Å². The first-order chi connectivity index (χ1) is 7.08. The molecule has 0 bridgehead atoms. The predicted octanol–water partition coefficient (Wildman–Crippen LogP) is 1.46. The summed E-state index contributed by atoms with van der Waals surface area (Å²) in [6, 6.07) is 0. The van der Waals surface area contributed by atoms with Crippen LogP contribution in [0, 0.1) is 17.3 Å². The van der Waals surface area contributed by atoms with Gasteiger partial charge in [-0.25, -0.2) is 0 Å². The average molecular weight is 226 g/mol. The first kappa shape index (κ1) is 12.9. The lowest BCUT2D eigenvalue weighted by atomic mass is 9.71. The summed E-state index contributed by atoms with van der Waals surface area (Å²) in [6.07, 6.45) is 1.22. The minimum absolute atomic E-state index is 0.0553. The van der Waals surface area contributed by atoms with E-state index in [1.165, 1.54) is 12.2 Å². The lowest BCUT2D eigenvalue weighted by Crippen LogP contribution is -2.64. The zero-order valence-electron chi connectivity index (χ0n) is 10.0. The van der Waals surface area contributed by atoms with Crippen molar-refractivity contribution in [1.29, 1.82) is 0 Å². The maximum Gasteiger partial charge on any atom is 0.0581 e. The highest BCUT2D eigenvalue weighted by atomic mass is 32.2. The van der Waals surface area contributed by atoms with Gasteiger partial charge in [0, 0.05) is 17.8 Å². The van der Waals surface area contributed by atoms with Gasteiger partial charge in [0.25, 0.3) is 0 Å². The predicted molar refractivity (Wildman–Crippen MR) is 69.0 cm³/mol. The summed E-state index contributed by atoms with van der Waals surface area (Å²) < 4.78 is 0. The molecule has 1 atom stereocenters. The third-order valence-corrected chi connectivity index (χ3v) is 4.75. The van der Waals surface area contributed by atoms with Crippen molar-refractivity contribution >= 4 is 11.8 Å². The van der Waals surface area contributed by atoms with E-state index < -0.39 is 0 Å². The van der Waals surface area contributed by atoms with Crippen molar-refractivity contribution in [1.82, 2.24) is 5.32 Å². The van der Waals surface area contributed by atoms with Crippen LogP contribution in [0.5, 0.6) is 0 Å². The monoisotopic (exact) mass is 226 g/mol. The summed E-state index contributed by atoms with van der Waals surface area (Å²) in [7, 11) is 0. The van der Waals surface area contributed by atoms with Gasteiger partial charge < -0.3 is 5.73 Å². The summed E-state index contributed by atoms with van der Waals surface area (Å²) >= 11 is 2.00. The second-order valence-corrected chi connectivity index (χ2v) is 5.86.